The van der Waals surface area contributed by atoms with Crippen LogP contribution in [0, 0.1) is 5.92 Å². The number of carbonyl (C=O) groups is 1. The van der Waals surface area contributed by atoms with E-state index in [1.807, 2.05) is 0 Å². The van der Waals surface area contributed by atoms with E-state index in [0.29, 0.717) is 6.42 Å². The number of halogens is 2. The van der Waals surface area contributed by atoms with Crippen LogP contribution >= 0.6 is 23.2 Å². The van der Waals surface area contributed by atoms with Crippen molar-refractivity contribution >= 4 is 38.9 Å². The summed E-state index contributed by atoms with van der Waals surface area (Å²) >= 11 is 11.4. The third-order valence-corrected chi connectivity index (χ3v) is 5.14. The lowest BCUT2D eigenvalue weighted by molar-refractivity contribution is 0.0948. The van der Waals surface area contributed by atoms with E-state index in [4.69, 9.17) is 23.2 Å². The lowest BCUT2D eigenvalue weighted by Gasteiger charge is -2.10. The maximum atomic E-state index is 11.9. The predicted molar refractivity (Wildman–Crippen MR) is 71.1 cm³/mol. The summed E-state index contributed by atoms with van der Waals surface area (Å²) in [6, 6.07) is 1.32. The number of hydrogen-bond acceptors (Lipinski definition) is 5. The maximum Gasteiger partial charge on any atom is 0.254 e. The van der Waals surface area contributed by atoms with Crippen LogP contribution < -0.4 is 5.32 Å². The molecule has 0 bridgehead atoms. The first-order valence-corrected chi connectivity index (χ1v) is 8.12. The fourth-order valence-corrected chi connectivity index (χ4v) is 4.06. The zero-order valence-electron chi connectivity index (χ0n) is 9.77. The summed E-state index contributed by atoms with van der Waals surface area (Å²) < 4.78 is 22.6. The van der Waals surface area contributed by atoms with Crippen molar-refractivity contribution in [1.29, 1.82) is 0 Å². The van der Waals surface area contributed by atoms with Crippen molar-refractivity contribution in [2.45, 2.75) is 6.42 Å². The van der Waals surface area contributed by atoms with Crippen LogP contribution in [0.2, 0.25) is 10.3 Å². The Kier molecular flexibility index (Phi) is 4.27. The Morgan fingerprint density at radius 3 is 2.79 bits per heavy atom. The largest absolute Gasteiger partial charge is 0.352 e. The quantitative estimate of drug-likeness (QED) is 0.894. The first kappa shape index (κ1) is 14.5. The van der Waals surface area contributed by atoms with Crippen LogP contribution in [-0.4, -0.2) is 42.6 Å². The molecule has 1 amide bonds. The van der Waals surface area contributed by atoms with E-state index in [1.165, 1.54) is 6.07 Å². The SMILES string of the molecule is O=C(NCC1CCS(=O)(=O)C1)c1cc(Cl)nnc1Cl. The fraction of sp³-hybridized carbons (Fsp3) is 0.500. The van der Waals surface area contributed by atoms with Gasteiger partial charge in [-0.2, -0.15) is 0 Å². The fourth-order valence-electron chi connectivity index (χ4n) is 1.88. The van der Waals surface area contributed by atoms with Gasteiger partial charge in [0.2, 0.25) is 0 Å². The van der Waals surface area contributed by atoms with Gasteiger partial charge in [0, 0.05) is 6.54 Å². The van der Waals surface area contributed by atoms with Crippen molar-refractivity contribution in [2.75, 3.05) is 18.1 Å². The molecule has 1 atom stereocenters. The Bertz CT molecular complexity index is 606. The molecule has 0 aromatic carbocycles. The highest BCUT2D eigenvalue weighted by molar-refractivity contribution is 7.91. The summed E-state index contributed by atoms with van der Waals surface area (Å²) in [4.78, 5) is 11.9. The van der Waals surface area contributed by atoms with Crippen LogP contribution in [0.3, 0.4) is 0 Å². The second-order valence-corrected chi connectivity index (χ2v) is 7.32. The van der Waals surface area contributed by atoms with E-state index in [2.05, 4.69) is 15.5 Å². The van der Waals surface area contributed by atoms with Gasteiger partial charge in [-0.1, -0.05) is 23.2 Å². The van der Waals surface area contributed by atoms with Crippen molar-refractivity contribution in [3.05, 3.63) is 21.9 Å². The Labute approximate surface area is 120 Å². The van der Waals surface area contributed by atoms with Gasteiger partial charge in [-0.25, -0.2) is 8.42 Å². The molecular weight excluding hydrogens is 313 g/mol. The molecule has 1 fully saturated rings. The van der Waals surface area contributed by atoms with Crippen molar-refractivity contribution in [3.63, 3.8) is 0 Å². The molecule has 1 aromatic rings. The van der Waals surface area contributed by atoms with Crippen LogP contribution in [0.1, 0.15) is 16.8 Å². The van der Waals surface area contributed by atoms with E-state index < -0.39 is 15.7 Å². The molecule has 9 heteroatoms. The molecular formula is C10H11Cl2N3O3S. The molecule has 0 saturated carbocycles. The Morgan fingerprint density at radius 2 is 2.16 bits per heavy atom. The van der Waals surface area contributed by atoms with Crippen molar-refractivity contribution < 1.29 is 13.2 Å². The number of nitrogens with one attached hydrogen (secondary N) is 1. The third kappa shape index (κ3) is 3.77. The zero-order chi connectivity index (χ0) is 14.0. The molecule has 19 heavy (non-hydrogen) atoms. The molecule has 0 radical (unpaired) electrons. The first-order valence-electron chi connectivity index (χ1n) is 5.55. The molecule has 2 heterocycles. The summed E-state index contributed by atoms with van der Waals surface area (Å²) in [7, 11) is -2.94. The monoisotopic (exact) mass is 323 g/mol. The van der Waals surface area contributed by atoms with Gasteiger partial charge in [-0.15, -0.1) is 10.2 Å². The Hall–Kier alpha value is -0.920. The second kappa shape index (κ2) is 5.60. The van der Waals surface area contributed by atoms with Gasteiger partial charge in [0.1, 0.15) is 0 Å². The minimum Gasteiger partial charge on any atom is -0.352 e. The van der Waals surface area contributed by atoms with E-state index in [-0.39, 0.29) is 39.8 Å². The molecule has 6 nitrogen and oxygen atoms in total. The van der Waals surface area contributed by atoms with Crippen molar-refractivity contribution in [3.8, 4) is 0 Å². The van der Waals surface area contributed by atoms with Crippen molar-refractivity contribution in [1.82, 2.24) is 15.5 Å². The molecule has 0 aliphatic carbocycles. The third-order valence-electron chi connectivity index (χ3n) is 2.84. The van der Waals surface area contributed by atoms with Crippen molar-refractivity contribution in [2.24, 2.45) is 5.92 Å². The van der Waals surface area contributed by atoms with Crippen LogP contribution in [0.5, 0.6) is 0 Å². The normalized spacial score (nSPS) is 21.3. The van der Waals surface area contributed by atoms with Gasteiger partial charge >= 0.3 is 0 Å². The number of hydrogen-bond donors (Lipinski definition) is 1. The molecule has 1 aromatic heterocycles. The lowest BCUT2D eigenvalue weighted by Crippen LogP contribution is -2.30. The van der Waals surface area contributed by atoms with E-state index in [0.717, 1.165) is 0 Å². The number of sulfone groups is 1. The number of amides is 1. The van der Waals surface area contributed by atoms with Gasteiger partial charge in [0.15, 0.2) is 20.1 Å². The van der Waals surface area contributed by atoms with E-state index in [9.17, 15) is 13.2 Å². The lowest BCUT2D eigenvalue weighted by atomic mass is 10.1. The van der Waals surface area contributed by atoms with E-state index >= 15 is 0 Å². The average Bonchev–Trinajstić information content (AvgIpc) is 2.69. The minimum absolute atomic E-state index is 0.0408. The molecule has 0 spiro atoms. The summed E-state index contributed by atoms with van der Waals surface area (Å²) in [6.45, 7) is 0.286. The van der Waals surface area contributed by atoms with E-state index in [1.54, 1.807) is 0 Å². The molecule has 1 aliphatic rings. The number of rotatable bonds is 3. The van der Waals surface area contributed by atoms with Crippen LogP contribution in [0.15, 0.2) is 6.07 Å². The number of aromatic nitrogens is 2. The maximum absolute atomic E-state index is 11.9. The minimum atomic E-state index is -2.94. The smallest absolute Gasteiger partial charge is 0.254 e. The van der Waals surface area contributed by atoms with Gasteiger partial charge in [0.05, 0.1) is 17.1 Å². The molecule has 1 aliphatic heterocycles. The molecule has 2 rings (SSSR count). The standard InChI is InChI=1S/C10H11Cl2N3O3S/c11-8-3-7(9(12)15-14-8)10(16)13-4-6-1-2-19(17,18)5-6/h3,6H,1-2,4-5H2,(H,13,16). The van der Waals surface area contributed by atoms with Gasteiger partial charge in [-0.05, 0) is 18.4 Å². The molecule has 1 unspecified atom stereocenters. The van der Waals surface area contributed by atoms with Crippen LogP contribution in [0.25, 0.3) is 0 Å². The highest BCUT2D eigenvalue weighted by atomic mass is 35.5. The summed E-state index contributed by atoms with van der Waals surface area (Å²) in [5.41, 5.74) is 0.127. The molecule has 1 N–H and O–H groups in total. The number of carbonyl (C=O) groups excluding carboxylic acids is 1. The average molecular weight is 324 g/mol. The van der Waals surface area contributed by atoms with Gasteiger partial charge < -0.3 is 5.32 Å². The number of nitrogens with zero attached hydrogens (tertiary/aromatic N) is 2. The Morgan fingerprint density at radius 1 is 1.42 bits per heavy atom. The van der Waals surface area contributed by atoms with Crippen LogP contribution in [-0.2, 0) is 9.84 Å². The van der Waals surface area contributed by atoms with Crippen LogP contribution in [0.4, 0.5) is 0 Å². The van der Waals surface area contributed by atoms with Gasteiger partial charge in [0.25, 0.3) is 5.91 Å². The summed E-state index contributed by atoms with van der Waals surface area (Å²) in [5, 5.41) is 9.69. The molecule has 1 saturated heterocycles. The highest BCUT2D eigenvalue weighted by Gasteiger charge is 2.28. The summed E-state index contributed by atoms with van der Waals surface area (Å²) in [5.74, 6) is -0.211. The molecule has 104 valence electrons. The topological polar surface area (TPSA) is 89.0 Å². The Balaban J connectivity index is 1.97. The highest BCUT2D eigenvalue weighted by Crippen LogP contribution is 2.18. The predicted octanol–water partition coefficient (Wildman–Crippen LogP) is 0.948. The first-order chi connectivity index (χ1) is 8.87. The van der Waals surface area contributed by atoms with Gasteiger partial charge in [-0.3, -0.25) is 4.79 Å². The zero-order valence-corrected chi connectivity index (χ0v) is 12.1. The summed E-state index contributed by atoms with van der Waals surface area (Å²) in [6.07, 6.45) is 0.561. The second-order valence-electron chi connectivity index (χ2n) is 4.35.